The lowest BCUT2D eigenvalue weighted by Crippen LogP contribution is -2.67. The molecule has 1 unspecified atom stereocenters. The molecule has 0 saturated heterocycles. The molecule has 0 aliphatic heterocycles. The fraction of sp³-hybridized carbons (Fsp3) is 0.444. The van der Waals surface area contributed by atoms with E-state index >= 15 is 0 Å². The molecule has 0 aromatic heterocycles. The Labute approximate surface area is 257 Å². The molecule has 3 aromatic rings. The summed E-state index contributed by atoms with van der Waals surface area (Å²) >= 11 is 0. The van der Waals surface area contributed by atoms with Gasteiger partial charge in [-0.05, 0) is 51.8 Å². The van der Waals surface area contributed by atoms with Crippen LogP contribution in [0.4, 0.5) is 0 Å². The first-order valence-electron chi connectivity index (χ1n) is 15.3. The molecule has 3 nitrogen and oxygen atoms in total. The van der Waals surface area contributed by atoms with Crippen molar-refractivity contribution in [1.82, 2.24) is 0 Å². The van der Waals surface area contributed by atoms with Crippen molar-refractivity contribution in [3.8, 4) is 0 Å². The summed E-state index contributed by atoms with van der Waals surface area (Å²) in [4.78, 5) is 0.421. The van der Waals surface area contributed by atoms with Crippen LogP contribution in [0.2, 0.25) is 30.7 Å². The molecule has 0 bridgehead atoms. The highest BCUT2D eigenvalue weighted by atomic mass is 32.2. The van der Waals surface area contributed by atoms with Crippen molar-refractivity contribution in [2.75, 3.05) is 6.61 Å². The van der Waals surface area contributed by atoms with Crippen LogP contribution in [-0.2, 0) is 14.3 Å². The lowest BCUT2D eigenvalue weighted by molar-refractivity contribution is 0.133. The maximum atomic E-state index is 14.4. The predicted molar refractivity (Wildman–Crippen MR) is 184 cm³/mol. The molecule has 0 saturated carbocycles. The highest BCUT2D eigenvalue weighted by Gasteiger charge is 2.52. The Balaban J connectivity index is 1.85. The molecule has 0 fully saturated rings. The molecule has 3 aromatic carbocycles. The molecular weight excluding hydrogens is 569 g/mol. The van der Waals surface area contributed by atoms with E-state index in [1.807, 2.05) is 18.2 Å². The number of hydrogen-bond acceptors (Lipinski definition) is 3. The van der Waals surface area contributed by atoms with Crippen LogP contribution in [0.3, 0.4) is 0 Å². The first-order valence-corrected chi connectivity index (χ1v) is 22.5. The summed E-state index contributed by atoms with van der Waals surface area (Å²) in [6.45, 7) is 18.9. The van der Waals surface area contributed by atoms with Crippen molar-refractivity contribution in [2.24, 2.45) is 11.3 Å². The maximum absolute atomic E-state index is 14.4. The fourth-order valence-corrected chi connectivity index (χ4v) is 16.5. The van der Waals surface area contributed by atoms with Gasteiger partial charge in [0.1, 0.15) is 0 Å². The molecule has 2 atom stereocenters. The Morgan fingerprint density at radius 2 is 1.31 bits per heavy atom. The lowest BCUT2D eigenvalue weighted by Gasteiger charge is -2.47. The van der Waals surface area contributed by atoms with Gasteiger partial charge in [0, 0.05) is 20.6 Å². The van der Waals surface area contributed by atoms with Gasteiger partial charge < -0.3 is 4.43 Å². The molecule has 0 N–H and O–H groups in total. The van der Waals surface area contributed by atoms with Crippen molar-refractivity contribution in [2.45, 2.75) is 88.3 Å². The van der Waals surface area contributed by atoms with Crippen LogP contribution < -0.4 is 10.4 Å². The van der Waals surface area contributed by atoms with Gasteiger partial charge in [-0.3, -0.25) is 0 Å². The maximum Gasteiger partial charge on any atom is 0.261 e. The lowest BCUT2D eigenvalue weighted by atomic mass is 9.68. The second-order valence-electron chi connectivity index (χ2n) is 14.9. The Morgan fingerprint density at radius 3 is 1.76 bits per heavy atom. The molecule has 0 amide bonds. The van der Waals surface area contributed by atoms with E-state index in [1.165, 1.54) is 10.4 Å². The molecule has 42 heavy (non-hydrogen) atoms. The predicted octanol–water partition coefficient (Wildman–Crippen LogP) is 8.11. The van der Waals surface area contributed by atoms with Gasteiger partial charge in [-0.1, -0.05) is 145 Å². The van der Waals surface area contributed by atoms with Crippen LogP contribution in [-0.4, -0.2) is 36.7 Å². The highest BCUT2D eigenvalue weighted by molar-refractivity contribution is 7.92. The van der Waals surface area contributed by atoms with Gasteiger partial charge in [0.2, 0.25) is 0 Å². The first kappa shape index (κ1) is 32.7. The van der Waals surface area contributed by atoms with E-state index < -0.39 is 31.5 Å². The van der Waals surface area contributed by atoms with E-state index in [0.29, 0.717) is 17.5 Å². The number of hydrogen-bond donors (Lipinski definition) is 0. The van der Waals surface area contributed by atoms with Crippen LogP contribution in [0.5, 0.6) is 0 Å². The zero-order valence-electron chi connectivity index (χ0n) is 26.9. The zero-order chi connectivity index (χ0) is 30.8. The summed E-state index contributed by atoms with van der Waals surface area (Å²) in [5.41, 5.74) is 0.967. The smallest absolute Gasteiger partial charge is 0.261 e. The van der Waals surface area contributed by atoms with Crippen LogP contribution in [0.1, 0.15) is 47.5 Å². The van der Waals surface area contributed by atoms with Crippen LogP contribution in [0.15, 0.2) is 108 Å². The zero-order valence-corrected chi connectivity index (χ0v) is 29.7. The third-order valence-corrected chi connectivity index (χ3v) is 18.1. The highest BCUT2D eigenvalue weighted by Crippen LogP contribution is 2.47. The average Bonchev–Trinajstić information content (AvgIpc) is 2.93. The van der Waals surface area contributed by atoms with Crippen molar-refractivity contribution >= 4 is 36.6 Å². The van der Waals surface area contributed by atoms with Crippen LogP contribution in [0.25, 0.3) is 0 Å². The SMILES string of the molecule is CC1(C)CCC=C(C(C[Si](C)(C)C)S(=O)(=O)c2ccccc2)[C@H]1CO[Si](c1ccccc1)(c1ccccc1)C(C)(C)C. The van der Waals surface area contributed by atoms with Crippen molar-refractivity contribution in [1.29, 1.82) is 0 Å². The Bertz CT molecular complexity index is 1410. The molecule has 1 aliphatic rings. The quantitative estimate of drug-likeness (QED) is 0.170. The van der Waals surface area contributed by atoms with Gasteiger partial charge in [-0.15, -0.1) is 0 Å². The van der Waals surface area contributed by atoms with E-state index in [1.54, 1.807) is 12.1 Å². The topological polar surface area (TPSA) is 43.4 Å². The summed E-state index contributed by atoms with van der Waals surface area (Å²) < 4.78 is 36.3. The fourth-order valence-electron chi connectivity index (χ4n) is 6.76. The van der Waals surface area contributed by atoms with Gasteiger partial charge in [0.15, 0.2) is 9.84 Å². The molecule has 1 aliphatic carbocycles. The summed E-state index contributed by atoms with van der Waals surface area (Å²) in [5.74, 6) is -0.00673. The Kier molecular flexibility index (Phi) is 9.63. The number of rotatable bonds is 10. The van der Waals surface area contributed by atoms with E-state index in [-0.39, 0.29) is 16.4 Å². The molecule has 0 heterocycles. The van der Waals surface area contributed by atoms with E-state index in [9.17, 15) is 8.42 Å². The van der Waals surface area contributed by atoms with Gasteiger partial charge in [0.05, 0.1) is 10.1 Å². The first-order chi connectivity index (χ1) is 19.6. The van der Waals surface area contributed by atoms with Gasteiger partial charge in [-0.2, -0.15) is 0 Å². The monoisotopic (exact) mass is 618 g/mol. The van der Waals surface area contributed by atoms with E-state index in [4.69, 9.17) is 4.43 Å². The summed E-state index contributed by atoms with van der Waals surface area (Å²) in [7, 11) is -8.14. The second-order valence-corrected chi connectivity index (χ2v) is 26.8. The largest absolute Gasteiger partial charge is 0.407 e. The Hall–Kier alpha value is -2.26. The van der Waals surface area contributed by atoms with Crippen LogP contribution >= 0.6 is 0 Å². The molecule has 0 spiro atoms. The van der Waals surface area contributed by atoms with E-state index in [2.05, 4.69) is 121 Å². The minimum absolute atomic E-state index is 0.00673. The summed E-state index contributed by atoms with van der Waals surface area (Å²) in [6.07, 6.45) is 4.16. The Morgan fingerprint density at radius 1 is 0.833 bits per heavy atom. The van der Waals surface area contributed by atoms with E-state index in [0.717, 1.165) is 18.4 Å². The molecule has 0 radical (unpaired) electrons. The third-order valence-electron chi connectivity index (χ3n) is 9.01. The molecule has 4 rings (SSSR count). The normalized spacial score (nSPS) is 18.8. The number of benzene rings is 3. The second kappa shape index (κ2) is 12.4. The number of sulfone groups is 1. The van der Waals surface area contributed by atoms with Crippen molar-refractivity contribution < 1.29 is 12.8 Å². The minimum Gasteiger partial charge on any atom is -0.407 e. The minimum atomic E-state index is -3.58. The molecule has 226 valence electrons. The average molecular weight is 619 g/mol. The van der Waals surface area contributed by atoms with Gasteiger partial charge in [0.25, 0.3) is 8.32 Å². The van der Waals surface area contributed by atoms with Crippen LogP contribution in [0, 0.1) is 11.3 Å². The third kappa shape index (κ3) is 6.77. The van der Waals surface area contributed by atoms with Crippen molar-refractivity contribution in [3.63, 3.8) is 0 Å². The van der Waals surface area contributed by atoms with Gasteiger partial charge >= 0.3 is 0 Å². The van der Waals surface area contributed by atoms with Gasteiger partial charge in [-0.25, -0.2) is 8.42 Å². The number of allylic oxidation sites excluding steroid dienone is 1. The standard InChI is InChI=1S/C36H50O3SSi2/c1-35(2,3)42(30-21-14-10-15-22-30,31-23-16-11-17-24-31)39-27-33-32(25-18-26-36(33,4)5)34(28-41(6,7)8)40(37,38)29-19-12-9-13-20-29/h9-17,19-25,33-34H,18,26-28H2,1-8H3/t33-,34?/m1/s1. The molecular formula is C36H50O3SSi2. The summed E-state index contributed by atoms with van der Waals surface area (Å²) in [5, 5.41) is 1.81. The molecule has 6 heteroatoms. The van der Waals surface area contributed by atoms with Crippen molar-refractivity contribution in [3.05, 3.63) is 103 Å². The summed E-state index contributed by atoms with van der Waals surface area (Å²) in [6, 6.07) is 31.2.